The highest BCUT2D eigenvalue weighted by Crippen LogP contribution is 2.37. The van der Waals surface area contributed by atoms with Gasteiger partial charge in [0, 0.05) is 43.7 Å². The molecule has 1 saturated heterocycles. The smallest absolute Gasteiger partial charge is 0.329 e. The van der Waals surface area contributed by atoms with Gasteiger partial charge >= 0.3 is 5.69 Å². The second-order valence-corrected chi connectivity index (χ2v) is 12.6. The lowest BCUT2D eigenvalue weighted by molar-refractivity contribution is -0.134. The van der Waals surface area contributed by atoms with Crippen molar-refractivity contribution in [2.45, 2.75) is 25.7 Å². The Morgan fingerprint density at radius 2 is 1.92 bits per heavy atom. The quantitative estimate of drug-likeness (QED) is 0.200. The fourth-order valence-electron chi connectivity index (χ4n) is 6.63. The third-order valence-corrected chi connectivity index (χ3v) is 9.29. The molecule has 15 nitrogen and oxygen atoms in total. The topological polar surface area (TPSA) is 179 Å². The van der Waals surface area contributed by atoms with Gasteiger partial charge in [-0.1, -0.05) is 18.1 Å². The van der Waals surface area contributed by atoms with E-state index in [4.69, 9.17) is 9.15 Å². The number of fused-ring (bicyclic) bond motifs is 3. The summed E-state index contributed by atoms with van der Waals surface area (Å²) in [6, 6.07) is 10.9. The number of piperidine rings is 1. The van der Waals surface area contributed by atoms with Crippen molar-refractivity contribution >= 4 is 51.2 Å². The molecular weight excluding hydrogens is 666 g/mol. The molecule has 15 heteroatoms. The number of imide groups is 1. The lowest BCUT2D eigenvalue weighted by atomic mass is 9.88. The minimum absolute atomic E-state index is 0.0452. The van der Waals surface area contributed by atoms with Crippen LogP contribution < -0.4 is 26.0 Å². The number of nitrogens with one attached hydrogen (secondary N) is 2. The maximum atomic E-state index is 13.0. The lowest BCUT2D eigenvalue weighted by Crippen LogP contribution is -2.39. The Balaban J connectivity index is 0.947. The molecule has 2 aliphatic rings. The first-order chi connectivity index (χ1) is 25.2. The van der Waals surface area contributed by atoms with Gasteiger partial charge in [0.25, 0.3) is 5.91 Å². The van der Waals surface area contributed by atoms with Gasteiger partial charge in [-0.25, -0.2) is 14.8 Å². The predicted molar refractivity (Wildman–Crippen MR) is 189 cm³/mol. The average Bonchev–Trinajstić information content (AvgIpc) is 3.66. The van der Waals surface area contributed by atoms with Gasteiger partial charge < -0.3 is 19.4 Å². The van der Waals surface area contributed by atoms with E-state index in [1.807, 2.05) is 17.0 Å². The van der Waals surface area contributed by atoms with E-state index in [-0.39, 0.29) is 36.2 Å². The summed E-state index contributed by atoms with van der Waals surface area (Å²) in [4.78, 5) is 69.7. The van der Waals surface area contributed by atoms with Crippen LogP contribution in [0.25, 0.3) is 33.5 Å². The molecule has 5 aromatic heterocycles. The second kappa shape index (κ2) is 12.8. The predicted octanol–water partition coefficient (Wildman–Crippen LogP) is 3.01. The van der Waals surface area contributed by atoms with Crippen LogP contribution in [0.3, 0.4) is 0 Å². The number of aryl methyl sites for hydroxylation is 3. The van der Waals surface area contributed by atoms with E-state index in [9.17, 15) is 19.2 Å². The molecule has 1 aromatic carbocycles. The monoisotopic (exact) mass is 697 g/mol. The minimum Gasteiger partial charge on any atom is -0.474 e. The van der Waals surface area contributed by atoms with Crippen molar-refractivity contribution in [1.82, 2.24) is 39.7 Å². The number of ether oxygens (including phenoxy) is 1. The van der Waals surface area contributed by atoms with Gasteiger partial charge in [0.15, 0.2) is 17.2 Å². The highest BCUT2D eigenvalue weighted by molar-refractivity contribution is 6.03. The molecule has 3 amide bonds. The average molecular weight is 698 g/mol. The number of pyridine rings is 2. The molecule has 260 valence electrons. The molecule has 8 rings (SSSR count). The van der Waals surface area contributed by atoms with E-state index in [0.717, 1.165) is 16.6 Å². The van der Waals surface area contributed by atoms with Crippen LogP contribution in [0.5, 0.6) is 5.88 Å². The highest BCUT2D eigenvalue weighted by atomic mass is 16.5. The van der Waals surface area contributed by atoms with Crippen LogP contribution in [0, 0.1) is 18.8 Å². The first-order valence-electron chi connectivity index (χ1n) is 16.6. The summed E-state index contributed by atoms with van der Waals surface area (Å²) in [6.45, 7) is 2.75. The van der Waals surface area contributed by atoms with Crippen LogP contribution in [0.1, 0.15) is 46.1 Å². The van der Waals surface area contributed by atoms with E-state index in [1.165, 1.54) is 10.8 Å². The van der Waals surface area contributed by atoms with Crippen molar-refractivity contribution in [3.63, 3.8) is 0 Å². The van der Waals surface area contributed by atoms with E-state index in [2.05, 4.69) is 42.4 Å². The van der Waals surface area contributed by atoms with Crippen molar-refractivity contribution in [2.24, 2.45) is 14.1 Å². The number of benzene rings is 1. The largest absolute Gasteiger partial charge is 0.474 e. The number of anilines is 2. The lowest BCUT2D eigenvalue weighted by Gasteiger charge is -2.30. The summed E-state index contributed by atoms with van der Waals surface area (Å²) in [7, 11) is 3.41. The number of hydrogen-bond donors (Lipinski definition) is 2. The van der Waals surface area contributed by atoms with Gasteiger partial charge in [-0.2, -0.15) is 4.98 Å². The number of amides is 3. The number of aromatic nitrogens is 6. The molecule has 0 radical (unpaired) electrons. The Morgan fingerprint density at radius 1 is 1.06 bits per heavy atom. The fraction of sp³-hybridized carbons (Fsp3) is 0.243. The molecule has 0 bridgehead atoms. The second-order valence-electron chi connectivity index (χ2n) is 12.6. The number of furan rings is 1. The Hall–Kier alpha value is -6.82. The number of carbonyl (C=O) groups is 3. The first kappa shape index (κ1) is 32.4. The summed E-state index contributed by atoms with van der Waals surface area (Å²) >= 11 is 0. The summed E-state index contributed by atoms with van der Waals surface area (Å²) in [6.07, 6.45) is 5.64. The van der Waals surface area contributed by atoms with Crippen molar-refractivity contribution in [3.05, 3.63) is 88.1 Å². The molecule has 0 spiro atoms. The molecule has 1 fully saturated rings. The SMILES string of the molecule is Cc1cc(-c2ncc3c(n2)OCCN3c2cnc3c(c2)n(C)c(=O)n3C)cnc1C(=O)NCC#Cc1cc2c(C3CCC(=O)NC3=O)cccc2o1. The van der Waals surface area contributed by atoms with E-state index in [0.29, 0.717) is 70.6 Å². The Kier molecular flexibility index (Phi) is 7.98. The molecule has 6 aromatic rings. The summed E-state index contributed by atoms with van der Waals surface area (Å²) in [5.74, 6) is 5.58. The van der Waals surface area contributed by atoms with E-state index in [1.54, 1.807) is 62.2 Å². The summed E-state index contributed by atoms with van der Waals surface area (Å²) in [5.41, 5.74) is 5.43. The number of rotatable bonds is 5. The molecule has 0 aliphatic carbocycles. The van der Waals surface area contributed by atoms with Crippen molar-refractivity contribution in [3.8, 4) is 29.1 Å². The molecule has 2 aliphatic heterocycles. The maximum Gasteiger partial charge on any atom is 0.329 e. The normalized spacial score (nSPS) is 15.5. The van der Waals surface area contributed by atoms with Gasteiger partial charge in [-0.15, -0.1) is 0 Å². The Bertz CT molecular complexity index is 2590. The van der Waals surface area contributed by atoms with Crippen molar-refractivity contribution in [1.29, 1.82) is 0 Å². The Labute approximate surface area is 295 Å². The molecule has 1 unspecified atom stereocenters. The Morgan fingerprint density at radius 3 is 2.75 bits per heavy atom. The van der Waals surface area contributed by atoms with Crippen LogP contribution in [0.2, 0.25) is 0 Å². The third-order valence-electron chi connectivity index (χ3n) is 9.29. The van der Waals surface area contributed by atoms with Gasteiger partial charge in [-0.3, -0.25) is 33.8 Å². The van der Waals surface area contributed by atoms with E-state index < -0.39 is 11.8 Å². The number of hydrogen-bond acceptors (Lipinski definition) is 11. The zero-order valence-electron chi connectivity index (χ0n) is 28.4. The van der Waals surface area contributed by atoms with E-state index >= 15 is 0 Å². The number of carbonyl (C=O) groups excluding carboxylic acids is 3. The number of nitrogens with zero attached hydrogens (tertiary/aromatic N) is 7. The third kappa shape index (κ3) is 5.69. The molecule has 0 saturated carbocycles. The van der Waals surface area contributed by atoms with Gasteiger partial charge in [0.1, 0.15) is 23.6 Å². The molecule has 1 atom stereocenters. The van der Waals surface area contributed by atoms with Crippen LogP contribution in [-0.4, -0.2) is 66.5 Å². The van der Waals surface area contributed by atoms with Crippen LogP contribution >= 0.6 is 0 Å². The van der Waals surface area contributed by atoms with Crippen molar-refractivity contribution < 1.29 is 23.5 Å². The maximum absolute atomic E-state index is 13.0. The van der Waals surface area contributed by atoms with Gasteiger partial charge in [-0.05, 0) is 48.6 Å². The van der Waals surface area contributed by atoms with Crippen LogP contribution in [0.15, 0.2) is 64.2 Å². The standard InChI is InChI=1S/C37H31N9O6/c1-20-14-21(32-40-19-28-36(43-32)51-13-12-46(28)22-15-27-33(41-18-22)45(3)37(50)44(27)2)17-39-31(20)35(49)38-11-5-6-23-16-26-24(7-4-8-29(26)52-23)25-9-10-30(47)42-34(25)48/h4,7-8,14-19,25H,9-13H2,1-3H3,(H,38,49)(H,42,47,48). The molecule has 2 N–H and O–H groups in total. The first-order valence-corrected chi connectivity index (χ1v) is 16.6. The zero-order chi connectivity index (χ0) is 36.1. The summed E-state index contributed by atoms with van der Waals surface area (Å²) < 4.78 is 14.8. The fourth-order valence-corrected chi connectivity index (χ4v) is 6.63. The summed E-state index contributed by atoms with van der Waals surface area (Å²) in [5, 5.41) is 5.93. The molecular formula is C37H31N9O6. The van der Waals surface area contributed by atoms with Crippen LogP contribution in [-0.2, 0) is 23.7 Å². The zero-order valence-corrected chi connectivity index (χ0v) is 28.4. The minimum atomic E-state index is -0.447. The van der Waals surface area contributed by atoms with Gasteiger partial charge in [0.2, 0.25) is 17.7 Å². The highest BCUT2D eigenvalue weighted by Gasteiger charge is 2.30. The van der Waals surface area contributed by atoms with Crippen molar-refractivity contribution in [2.75, 3.05) is 24.6 Å². The van der Waals surface area contributed by atoms with Gasteiger partial charge in [0.05, 0.1) is 42.6 Å². The molecule has 52 heavy (non-hydrogen) atoms. The number of imidazole rings is 1. The van der Waals surface area contributed by atoms with Crippen LogP contribution in [0.4, 0.5) is 11.4 Å². The molecule has 7 heterocycles.